The predicted molar refractivity (Wildman–Crippen MR) is 102 cm³/mol. The zero-order valence-electron chi connectivity index (χ0n) is 14.2. The predicted octanol–water partition coefficient (Wildman–Crippen LogP) is 2.91. The van der Waals surface area contributed by atoms with E-state index in [4.69, 9.17) is 11.6 Å². The molecule has 3 aromatic rings. The molecule has 7 nitrogen and oxygen atoms in total. The van der Waals surface area contributed by atoms with Crippen LogP contribution in [0.1, 0.15) is 6.42 Å². The van der Waals surface area contributed by atoms with Crippen molar-refractivity contribution in [1.29, 1.82) is 0 Å². The molecule has 0 spiro atoms. The Labute approximate surface area is 160 Å². The van der Waals surface area contributed by atoms with E-state index in [9.17, 15) is 9.59 Å². The van der Waals surface area contributed by atoms with Crippen LogP contribution in [0.25, 0.3) is 5.82 Å². The van der Waals surface area contributed by atoms with Crippen molar-refractivity contribution in [2.24, 2.45) is 5.92 Å². The minimum atomic E-state index is -0.426. The van der Waals surface area contributed by atoms with Crippen LogP contribution in [0.4, 0.5) is 11.4 Å². The normalized spacial score (nSPS) is 16.6. The molecule has 0 saturated carbocycles. The molecule has 1 aliphatic rings. The lowest BCUT2D eigenvalue weighted by Gasteiger charge is -2.17. The molecule has 1 N–H and O–H groups in total. The first-order valence-electron chi connectivity index (χ1n) is 8.41. The molecule has 0 bridgehead atoms. The second-order valence-corrected chi connectivity index (χ2v) is 6.69. The first kappa shape index (κ1) is 17.2. The number of carbonyl (C=O) groups excluding carboxylic acids is 2. The van der Waals surface area contributed by atoms with Gasteiger partial charge in [0.15, 0.2) is 0 Å². The summed E-state index contributed by atoms with van der Waals surface area (Å²) in [5, 5.41) is 3.38. The van der Waals surface area contributed by atoms with E-state index in [1.807, 2.05) is 6.07 Å². The summed E-state index contributed by atoms with van der Waals surface area (Å²) in [6.07, 6.45) is 6.85. The lowest BCUT2D eigenvalue weighted by molar-refractivity contribution is -0.122. The van der Waals surface area contributed by atoms with Crippen LogP contribution in [-0.4, -0.2) is 32.9 Å². The van der Waals surface area contributed by atoms with Gasteiger partial charge in [-0.1, -0.05) is 17.7 Å². The largest absolute Gasteiger partial charge is 0.324 e. The van der Waals surface area contributed by atoms with E-state index in [-0.39, 0.29) is 18.2 Å². The van der Waals surface area contributed by atoms with Gasteiger partial charge in [-0.3, -0.25) is 14.2 Å². The van der Waals surface area contributed by atoms with Gasteiger partial charge in [0.2, 0.25) is 11.8 Å². The molecule has 1 atom stereocenters. The molecule has 3 heterocycles. The van der Waals surface area contributed by atoms with Gasteiger partial charge in [0, 0.05) is 36.1 Å². The molecule has 0 radical (unpaired) electrons. The van der Waals surface area contributed by atoms with Gasteiger partial charge in [-0.2, -0.15) is 0 Å². The summed E-state index contributed by atoms with van der Waals surface area (Å²) in [5.41, 5.74) is 1.28. The fourth-order valence-electron chi connectivity index (χ4n) is 3.03. The summed E-state index contributed by atoms with van der Waals surface area (Å²) < 4.78 is 1.77. The molecule has 27 heavy (non-hydrogen) atoms. The van der Waals surface area contributed by atoms with Gasteiger partial charge in [0.1, 0.15) is 12.1 Å². The van der Waals surface area contributed by atoms with Gasteiger partial charge in [-0.25, -0.2) is 9.97 Å². The zero-order chi connectivity index (χ0) is 18.8. The molecule has 8 heteroatoms. The minimum absolute atomic E-state index is 0.0917. The highest BCUT2D eigenvalue weighted by Crippen LogP contribution is 2.27. The van der Waals surface area contributed by atoms with E-state index in [1.54, 1.807) is 64.7 Å². The molecular formula is C19H16ClN5O2. The van der Waals surface area contributed by atoms with Crippen LogP contribution < -0.4 is 10.2 Å². The summed E-state index contributed by atoms with van der Waals surface area (Å²) in [7, 11) is 0. The van der Waals surface area contributed by atoms with Gasteiger partial charge in [0.25, 0.3) is 0 Å². The van der Waals surface area contributed by atoms with E-state index in [2.05, 4.69) is 15.3 Å². The summed E-state index contributed by atoms with van der Waals surface area (Å²) in [6, 6.07) is 10.6. The molecule has 136 valence electrons. The van der Waals surface area contributed by atoms with Gasteiger partial charge in [0.05, 0.1) is 17.8 Å². The summed E-state index contributed by atoms with van der Waals surface area (Å²) in [4.78, 5) is 34.7. The Kier molecular flexibility index (Phi) is 4.60. The Hall–Kier alpha value is -3.19. The Balaban J connectivity index is 1.42. The molecule has 0 unspecified atom stereocenters. The fourth-order valence-corrected chi connectivity index (χ4v) is 3.21. The number of hydrogen-bond acceptors (Lipinski definition) is 4. The van der Waals surface area contributed by atoms with E-state index in [0.717, 1.165) is 0 Å². The van der Waals surface area contributed by atoms with E-state index < -0.39 is 5.92 Å². The number of nitrogens with one attached hydrogen (secondary N) is 1. The monoisotopic (exact) mass is 381 g/mol. The molecule has 1 fully saturated rings. The van der Waals surface area contributed by atoms with Crippen molar-refractivity contribution in [2.75, 3.05) is 16.8 Å². The van der Waals surface area contributed by atoms with Crippen LogP contribution in [0.15, 0.2) is 61.3 Å². The maximum Gasteiger partial charge on any atom is 0.229 e. The van der Waals surface area contributed by atoms with Crippen LogP contribution in [0.2, 0.25) is 5.02 Å². The second-order valence-electron chi connectivity index (χ2n) is 6.25. The average Bonchev–Trinajstić information content (AvgIpc) is 3.32. The zero-order valence-corrected chi connectivity index (χ0v) is 15.0. The van der Waals surface area contributed by atoms with Gasteiger partial charge >= 0.3 is 0 Å². The molecule has 2 aromatic heterocycles. The molecule has 1 saturated heterocycles. The highest BCUT2D eigenvalue weighted by molar-refractivity contribution is 6.31. The highest BCUT2D eigenvalue weighted by Gasteiger charge is 2.35. The number of anilines is 2. The van der Waals surface area contributed by atoms with Crippen molar-refractivity contribution in [3.05, 3.63) is 66.3 Å². The quantitative estimate of drug-likeness (QED) is 0.753. The number of hydrogen-bond donors (Lipinski definition) is 1. The van der Waals surface area contributed by atoms with Crippen molar-refractivity contribution in [3.8, 4) is 5.82 Å². The number of halogens is 1. The van der Waals surface area contributed by atoms with Crippen LogP contribution in [0, 0.1) is 5.92 Å². The number of rotatable bonds is 4. The van der Waals surface area contributed by atoms with E-state index in [0.29, 0.717) is 28.8 Å². The first-order chi connectivity index (χ1) is 13.1. The standard InChI is InChI=1S/C19H16ClN5O2/c20-14-2-1-3-16(9-14)25-11-13(8-18(25)26)19(27)23-15-4-5-17(22-10-15)24-7-6-21-12-24/h1-7,9-10,12-13H,8,11H2,(H,23,27)/t13-/m0/s1. The number of pyridine rings is 1. The first-order valence-corrected chi connectivity index (χ1v) is 8.79. The lowest BCUT2D eigenvalue weighted by atomic mass is 10.1. The molecule has 0 aliphatic carbocycles. The Morgan fingerprint density at radius 2 is 2.15 bits per heavy atom. The fraction of sp³-hybridized carbons (Fsp3) is 0.158. The SMILES string of the molecule is O=C(Nc1ccc(-n2ccnc2)nc1)[C@H]1CC(=O)N(c2cccc(Cl)c2)C1. The topological polar surface area (TPSA) is 80.1 Å². The van der Waals surface area contributed by atoms with Gasteiger partial charge in [-0.15, -0.1) is 0 Å². The van der Waals surface area contributed by atoms with Crippen LogP contribution in [-0.2, 0) is 9.59 Å². The molecule has 1 aliphatic heterocycles. The summed E-state index contributed by atoms with van der Waals surface area (Å²) >= 11 is 6.00. The van der Waals surface area contributed by atoms with Gasteiger partial charge in [-0.05, 0) is 30.3 Å². The van der Waals surface area contributed by atoms with Crippen molar-refractivity contribution in [2.45, 2.75) is 6.42 Å². The second kappa shape index (κ2) is 7.20. The van der Waals surface area contributed by atoms with Gasteiger partial charge < -0.3 is 10.2 Å². The Bertz CT molecular complexity index is 972. The molecule has 1 aromatic carbocycles. The van der Waals surface area contributed by atoms with E-state index >= 15 is 0 Å². The van der Waals surface area contributed by atoms with Crippen molar-refractivity contribution >= 4 is 34.8 Å². The van der Waals surface area contributed by atoms with Crippen molar-refractivity contribution in [1.82, 2.24) is 14.5 Å². The third-order valence-electron chi connectivity index (χ3n) is 4.40. The third kappa shape index (κ3) is 3.68. The molecule has 4 rings (SSSR count). The minimum Gasteiger partial charge on any atom is -0.324 e. The lowest BCUT2D eigenvalue weighted by Crippen LogP contribution is -2.28. The van der Waals surface area contributed by atoms with Crippen LogP contribution in [0.3, 0.4) is 0 Å². The Morgan fingerprint density at radius 1 is 1.26 bits per heavy atom. The van der Waals surface area contributed by atoms with Crippen LogP contribution >= 0.6 is 11.6 Å². The number of carbonyl (C=O) groups is 2. The smallest absolute Gasteiger partial charge is 0.229 e. The summed E-state index contributed by atoms with van der Waals surface area (Å²) in [5.74, 6) is -0.0189. The number of aromatic nitrogens is 3. The van der Waals surface area contributed by atoms with Crippen molar-refractivity contribution in [3.63, 3.8) is 0 Å². The van der Waals surface area contributed by atoms with Crippen LogP contribution in [0.5, 0.6) is 0 Å². The Morgan fingerprint density at radius 3 is 2.85 bits per heavy atom. The number of nitrogens with zero attached hydrogens (tertiary/aromatic N) is 4. The molecule has 2 amide bonds. The van der Waals surface area contributed by atoms with Crippen molar-refractivity contribution < 1.29 is 9.59 Å². The highest BCUT2D eigenvalue weighted by atomic mass is 35.5. The molecular weight excluding hydrogens is 366 g/mol. The summed E-state index contributed by atoms with van der Waals surface area (Å²) in [6.45, 7) is 0.325. The maximum absolute atomic E-state index is 12.6. The number of imidazole rings is 1. The average molecular weight is 382 g/mol. The number of amides is 2. The number of benzene rings is 1. The maximum atomic E-state index is 12.6. The van der Waals surface area contributed by atoms with E-state index in [1.165, 1.54) is 0 Å². The third-order valence-corrected chi connectivity index (χ3v) is 4.64.